The van der Waals surface area contributed by atoms with Crippen LogP contribution in [-0.2, 0) is 10.5 Å². The van der Waals surface area contributed by atoms with Gasteiger partial charge in [-0.15, -0.1) is 0 Å². The van der Waals surface area contributed by atoms with Gasteiger partial charge in [0.2, 0.25) is 11.8 Å². The number of hydrogen-bond donors (Lipinski definition) is 3. The first-order chi connectivity index (χ1) is 15.2. The van der Waals surface area contributed by atoms with E-state index in [0.717, 1.165) is 12.8 Å². The molecule has 3 heterocycles. The number of carbonyl (C=O) groups excluding carboxylic acids is 2. The minimum Gasteiger partial charge on any atom is -0.336 e. The van der Waals surface area contributed by atoms with E-state index in [4.69, 9.17) is 11.6 Å². The van der Waals surface area contributed by atoms with Crippen LogP contribution in [0.3, 0.4) is 0 Å². The van der Waals surface area contributed by atoms with Crippen LogP contribution >= 0.6 is 11.6 Å². The van der Waals surface area contributed by atoms with Crippen molar-refractivity contribution >= 4 is 40.7 Å². The van der Waals surface area contributed by atoms with Gasteiger partial charge in [-0.3, -0.25) is 19.0 Å². The first-order valence-electron chi connectivity index (χ1n) is 10.2. The van der Waals surface area contributed by atoms with Crippen LogP contribution in [0.2, 0.25) is 5.02 Å². The van der Waals surface area contributed by atoms with Gasteiger partial charge in [0.25, 0.3) is 11.5 Å². The average Bonchev–Trinajstić information content (AvgIpc) is 3.54. The largest absolute Gasteiger partial charge is 0.336 e. The van der Waals surface area contributed by atoms with Crippen LogP contribution in [0.5, 0.6) is 0 Å². The maximum absolute atomic E-state index is 13.8. The molecule has 0 unspecified atom stereocenters. The molecule has 0 bridgehead atoms. The van der Waals surface area contributed by atoms with Crippen molar-refractivity contribution < 1.29 is 18.4 Å². The van der Waals surface area contributed by atoms with Gasteiger partial charge in [0.05, 0.1) is 5.02 Å². The summed E-state index contributed by atoms with van der Waals surface area (Å²) in [6, 6.07) is 2.77. The normalized spacial score (nSPS) is 20.5. The molecular formula is C20H19ClF2N6O3. The van der Waals surface area contributed by atoms with Crippen LogP contribution in [0, 0.1) is 5.92 Å². The van der Waals surface area contributed by atoms with Gasteiger partial charge < -0.3 is 16.0 Å². The van der Waals surface area contributed by atoms with Crippen molar-refractivity contribution in [1.82, 2.24) is 19.9 Å². The first-order valence-corrected chi connectivity index (χ1v) is 10.6. The number of amides is 2. The number of rotatable bonds is 4. The number of pyridine rings is 1. The Bertz CT molecular complexity index is 1190. The predicted molar refractivity (Wildman–Crippen MR) is 111 cm³/mol. The fourth-order valence-electron chi connectivity index (χ4n) is 4.20. The molecule has 1 aliphatic heterocycles. The van der Waals surface area contributed by atoms with Crippen molar-refractivity contribution in [2.45, 2.75) is 50.1 Å². The van der Waals surface area contributed by atoms with Crippen LogP contribution in [0.1, 0.15) is 49.0 Å². The highest BCUT2D eigenvalue weighted by Gasteiger charge is 2.51. The molecule has 1 spiro atoms. The predicted octanol–water partition coefficient (Wildman–Crippen LogP) is 2.99. The molecule has 168 valence electrons. The van der Waals surface area contributed by atoms with Crippen molar-refractivity contribution in [3.05, 3.63) is 39.5 Å². The number of alkyl halides is 2. The topological polar surface area (TPSA) is 118 Å². The number of hydrogen-bond acceptors (Lipinski definition) is 6. The average molecular weight is 465 g/mol. The van der Waals surface area contributed by atoms with E-state index in [1.54, 1.807) is 0 Å². The number of carbonyl (C=O) groups is 2. The Morgan fingerprint density at radius 1 is 1.12 bits per heavy atom. The van der Waals surface area contributed by atoms with Gasteiger partial charge >= 0.3 is 0 Å². The van der Waals surface area contributed by atoms with Crippen molar-refractivity contribution in [3.8, 4) is 0 Å². The van der Waals surface area contributed by atoms with E-state index < -0.39 is 35.9 Å². The van der Waals surface area contributed by atoms with Crippen LogP contribution in [0.25, 0.3) is 0 Å². The minimum atomic E-state index is -2.84. The van der Waals surface area contributed by atoms with Crippen molar-refractivity contribution in [3.63, 3.8) is 0 Å². The molecule has 2 fully saturated rings. The van der Waals surface area contributed by atoms with Gasteiger partial charge in [0.1, 0.15) is 35.0 Å². The summed E-state index contributed by atoms with van der Waals surface area (Å²) >= 11 is 6.31. The van der Waals surface area contributed by atoms with E-state index in [2.05, 4.69) is 25.9 Å². The Morgan fingerprint density at radius 3 is 2.50 bits per heavy atom. The van der Waals surface area contributed by atoms with Gasteiger partial charge in [-0.2, -0.15) is 0 Å². The standard InChI is InChI=1S/C20H19ClF2N6O3/c21-11-7-12(26-13-8-14(25-9-24-13)27-16(30)10-1-2-10)18(32)29-15(11)17(31)28-20(29)5-3-19(22,23)4-6-20/h7-10H,1-6H2,(H,28,31)(H2,24,25,26,27,30). The number of halogens is 3. The van der Waals surface area contributed by atoms with Gasteiger partial charge in [0, 0.05) is 24.8 Å². The molecule has 3 aliphatic rings. The molecule has 0 aromatic carbocycles. The van der Waals surface area contributed by atoms with Gasteiger partial charge in [0.15, 0.2) is 0 Å². The number of aromatic nitrogens is 3. The Labute approximate surface area is 185 Å². The second kappa shape index (κ2) is 7.22. The molecule has 2 saturated carbocycles. The van der Waals surface area contributed by atoms with Gasteiger partial charge in [-0.05, 0) is 31.7 Å². The summed E-state index contributed by atoms with van der Waals surface area (Å²) in [7, 11) is 0. The van der Waals surface area contributed by atoms with E-state index in [0.29, 0.717) is 0 Å². The van der Waals surface area contributed by atoms with Crippen LogP contribution in [0.15, 0.2) is 23.3 Å². The Balaban J connectivity index is 1.48. The lowest BCUT2D eigenvalue weighted by Gasteiger charge is -2.38. The zero-order valence-electron chi connectivity index (χ0n) is 16.8. The second-order valence-corrected chi connectivity index (χ2v) is 8.82. The number of fused-ring (bicyclic) bond motifs is 2. The summed E-state index contributed by atoms with van der Waals surface area (Å²) in [4.78, 5) is 45.9. The molecule has 2 amide bonds. The van der Waals surface area contributed by atoms with E-state index in [-0.39, 0.29) is 52.7 Å². The van der Waals surface area contributed by atoms with Crippen LogP contribution in [-0.4, -0.2) is 32.3 Å². The molecule has 9 nitrogen and oxygen atoms in total. The van der Waals surface area contributed by atoms with E-state index in [9.17, 15) is 23.2 Å². The molecule has 12 heteroatoms. The lowest BCUT2D eigenvalue weighted by Crippen LogP contribution is -2.51. The highest BCUT2D eigenvalue weighted by atomic mass is 35.5. The van der Waals surface area contributed by atoms with Crippen molar-refractivity contribution in [2.24, 2.45) is 5.92 Å². The molecular weight excluding hydrogens is 446 g/mol. The molecule has 0 saturated heterocycles. The molecule has 0 atom stereocenters. The van der Waals surface area contributed by atoms with Gasteiger partial charge in [-0.25, -0.2) is 18.7 Å². The van der Waals surface area contributed by atoms with Crippen molar-refractivity contribution in [1.29, 1.82) is 0 Å². The molecule has 0 radical (unpaired) electrons. The van der Waals surface area contributed by atoms with Gasteiger partial charge in [-0.1, -0.05) is 11.6 Å². The summed E-state index contributed by atoms with van der Waals surface area (Å²) in [5, 5.41) is 8.25. The lowest BCUT2D eigenvalue weighted by atomic mass is 9.86. The van der Waals surface area contributed by atoms with Crippen molar-refractivity contribution in [2.75, 3.05) is 10.6 Å². The second-order valence-electron chi connectivity index (χ2n) is 8.41. The Kier molecular flexibility index (Phi) is 4.70. The maximum Gasteiger partial charge on any atom is 0.276 e. The Hall–Kier alpha value is -3.08. The monoisotopic (exact) mass is 464 g/mol. The van der Waals surface area contributed by atoms with E-state index in [1.165, 1.54) is 23.0 Å². The fourth-order valence-corrected chi connectivity index (χ4v) is 4.48. The fraction of sp³-hybridized carbons (Fsp3) is 0.450. The third-order valence-electron chi connectivity index (χ3n) is 6.08. The summed E-state index contributed by atoms with van der Waals surface area (Å²) in [6.45, 7) is 0. The third kappa shape index (κ3) is 3.60. The molecule has 3 N–H and O–H groups in total. The van der Waals surface area contributed by atoms with Crippen LogP contribution < -0.4 is 21.5 Å². The number of nitrogens with one attached hydrogen (secondary N) is 3. The number of anilines is 3. The summed E-state index contributed by atoms with van der Waals surface area (Å²) in [5.41, 5.74) is -1.87. The number of nitrogens with zero attached hydrogens (tertiary/aromatic N) is 3. The van der Waals surface area contributed by atoms with E-state index >= 15 is 0 Å². The maximum atomic E-state index is 13.8. The first kappa shape index (κ1) is 20.8. The Morgan fingerprint density at radius 2 is 1.81 bits per heavy atom. The molecule has 2 aromatic heterocycles. The molecule has 2 aliphatic carbocycles. The third-order valence-corrected chi connectivity index (χ3v) is 6.37. The van der Waals surface area contributed by atoms with Crippen LogP contribution in [0.4, 0.5) is 26.1 Å². The summed E-state index contributed by atoms with van der Waals surface area (Å²) in [6.07, 6.45) is 1.81. The van der Waals surface area contributed by atoms with E-state index in [1.807, 2.05) is 0 Å². The lowest BCUT2D eigenvalue weighted by molar-refractivity contribution is -0.117. The highest BCUT2D eigenvalue weighted by Crippen LogP contribution is 2.44. The minimum absolute atomic E-state index is 0.00867. The zero-order valence-corrected chi connectivity index (χ0v) is 17.5. The SMILES string of the molecule is O=C1NC2(CCC(F)(F)CC2)n2c1c(Cl)cc(Nc1cc(NC(=O)C3CC3)ncn1)c2=O. The highest BCUT2D eigenvalue weighted by molar-refractivity contribution is 6.34. The molecule has 2 aromatic rings. The quantitative estimate of drug-likeness (QED) is 0.640. The molecule has 32 heavy (non-hydrogen) atoms. The summed E-state index contributed by atoms with van der Waals surface area (Å²) in [5.74, 6) is -3.06. The summed E-state index contributed by atoms with van der Waals surface area (Å²) < 4.78 is 28.7. The molecule has 5 rings (SSSR count). The zero-order chi connectivity index (χ0) is 22.7. The smallest absolute Gasteiger partial charge is 0.276 e.